The molecule has 0 saturated heterocycles. The van der Waals surface area contributed by atoms with Crippen molar-refractivity contribution in [3.63, 3.8) is 0 Å². The van der Waals surface area contributed by atoms with Gasteiger partial charge in [0.2, 0.25) is 10.0 Å². The molecule has 1 aromatic rings. The Morgan fingerprint density at radius 3 is 2.72 bits per heavy atom. The van der Waals surface area contributed by atoms with Gasteiger partial charge in [0.25, 0.3) is 0 Å². The number of hydrogen-bond acceptors (Lipinski definition) is 6. The molecule has 9 heteroatoms. The number of nitrogens with zero attached hydrogens (tertiary/aromatic N) is 1. The lowest BCUT2D eigenvalue weighted by Gasteiger charge is -2.14. The molecule has 0 atom stereocenters. The zero-order valence-electron chi connectivity index (χ0n) is 9.71. The molecule has 1 N–H and O–H groups in total. The van der Waals surface area contributed by atoms with E-state index >= 15 is 0 Å². The van der Waals surface area contributed by atoms with E-state index in [2.05, 4.69) is 20.7 Å². The van der Waals surface area contributed by atoms with Crippen molar-refractivity contribution < 1.29 is 23.1 Å². The fraction of sp³-hybridized carbons (Fsp3) is 0.444. The van der Waals surface area contributed by atoms with Crippen molar-refractivity contribution in [2.45, 2.75) is 4.90 Å². The van der Waals surface area contributed by atoms with Gasteiger partial charge >= 0.3 is 5.97 Å². The van der Waals surface area contributed by atoms with E-state index in [-0.39, 0.29) is 22.9 Å². The van der Waals surface area contributed by atoms with Gasteiger partial charge in [-0.15, -0.1) is 11.3 Å². The highest BCUT2D eigenvalue weighted by Crippen LogP contribution is 2.33. The van der Waals surface area contributed by atoms with E-state index in [1.807, 2.05) is 0 Å². The number of hydrogen-bond donors (Lipinski definition) is 1. The lowest BCUT2D eigenvalue weighted by molar-refractivity contribution is 0.0606. The normalized spacial score (nSPS) is 11.8. The van der Waals surface area contributed by atoms with Crippen LogP contribution in [0.4, 0.5) is 0 Å². The summed E-state index contributed by atoms with van der Waals surface area (Å²) in [7, 11) is -1.14. The predicted octanol–water partition coefficient (Wildman–Crippen LogP) is 0.910. The number of ether oxygens (including phenoxy) is 1. The maximum Gasteiger partial charge on any atom is 0.348 e. The molecule has 0 unspecified atom stereocenters. The molecule has 0 spiro atoms. The number of methoxy groups -OCH3 is 1. The van der Waals surface area contributed by atoms with Crippen LogP contribution in [0.1, 0.15) is 9.67 Å². The van der Waals surface area contributed by atoms with Crippen molar-refractivity contribution in [1.82, 2.24) is 4.31 Å². The number of rotatable bonds is 5. The van der Waals surface area contributed by atoms with Crippen LogP contribution < -0.4 is 0 Å². The van der Waals surface area contributed by atoms with Crippen LogP contribution in [-0.4, -0.2) is 51.1 Å². The van der Waals surface area contributed by atoms with Gasteiger partial charge in [-0.2, -0.15) is 4.31 Å². The van der Waals surface area contributed by atoms with E-state index in [0.29, 0.717) is 3.79 Å². The second-order valence-corrected chi connectivity index (χ2v) is 7.67. The number of carbonyl (C=O) groups is 1. The SMILES string of the molecule is COC(=O)c1cc(S(=O)(=O)N(C)CCO)c(Br)s1. The second-order valence-electron chi connectivity index (χ2n) is 3.29. The lowest BCUT2D eigenvalue weighted by Crippen LogP contribution is -2.29. The second kappa shape index (κ2) is 6.11. The van der Waals surface area contributed by atoms with E-state index in [1.165, 1.54) is 20.2 Å². The quantitative estimate of drug-likeness (QED) is 0.791. The molecule has 0 aliphatic heterocycles. The molecular formula is C9H12BrNO5S2. The van der Waals surface area contributed by atoms with Crippen LogP contribution in [-0.2, 0) is 14.8 Å². The van der Waals surface area contributed by atoms with E-state index in [9.17, 15) is 13.2 Å². The zero-order chi connectivity index (χ0) is 13.9. The number of aliphatic hydroxyl groups excluding tert-OH is 1. The van der Waals surface area contributed by atoms with E-state index in [1.54, 1.807) is 0 Å². The molecule has 0 aliphatic carbocycles. The van der Waals surface area contributed by atoms with Gasteiger partial charge < -0.3 is 9.84 Å². The number of esters is 1. The molecule has 0 amide bonds. The molecule has 0 aromatic carbocycles. The molecule has 0 aliphatic rings. The fourth-order valence-electron chi connectivity index (χ4n) is 1.16. The van der Waals surface area contributed by atoms with Gasteiger partial charge in [0, 0.05) is 13.6 Å². The van der Waals surface area contributed by atoms with Crippen LogP contribution in [0.15, 0.2) is 14.7 Å². The Balaban J connectivity index is 3.17. The van der Waals surface area contributed by atoms with Crippen molar-refractivity contribution in [1.29, 1.82) is 0 Å². The van der Waals surface area contributed by atoms with E-state index in [0.717, 1.165) is 15.6 Å². The summed E-state index contributed by atoms with van der Waals surface area (Å²) < 4.78 is 30.1. The van der Waals surface area contributed by atoms with Crippen molar-refractivity contribution in [2.75, 3.05) is 27.3 Å². The van der Waals surface area contributed by atoms with E-state index < -0.39 is 16.0 Å². The van der Waals surface area contributed by atoms with Gasteiger partial charge in [-0.3, -0.25) is 0 Å². The Hall–Kier alpha value is -0.480. The minimum atomic E-state index is -3.72. The van der Waals surface area contributed by atoms with E-state index in [4.69, 9.17) is 5.11 Å². The third-order valence-corrected chi connectivity index (χ3v) is 6.23. The number of sulfonamides is 1. The Morgan fingerprint density at radius 2 is 2.22 bits per heavy atom. The lowest BCUT2D eigenvalue weighted by atomic mass is 10.5. The van der Waals surface area contributed by atoms with Crippen LogP contribution in [0.5, 0.6) is 0 Å². The number of carbonyl (C=O) groups excluding carboxylic acids is 1. The molecule has 0 radical (unpaired) electrons. The number of likely N-dealkylation sites (N-methyl/N-ethyl adjacent to an activating group) is 1. The van der Waals surface area contributed by atoms with Crippen molar-refractivity contribution in [2.24, 2.45) is 0 Å². The molecule has 0 fully saturated rings. The fourth-order valence-corrected chi connectivity index (χ4v) is 4.75. The van der Waals surface area contributed by atoms with Gasteiger partial charge in [-0.25, -0.2) is 13.2 Å². The van der Waals surface area contributed by atoms with Gasteiger partial charge in [0.15, 0.2) is 0 Å². The van der Waals surface area contributed by atoms with Crippen LogP contribution in [0.2, 0.25) is 0 Å². The van der Waals surface area contributed by atoms with Gasteiger partial charge in [-0.05, 0) is 22.0 Å². The number of aliphatic hydroxyl groups is 1. The number of halogens is 1. The van der Waals surface area contributed by atoms with Crippen molar-refractivity contribution in [3.8, 4) is 0 Å². The third-order valence-electron chi connectivity index (χ3n) is 2.15. The average molecular weight is 358 g/mol. The maximum absolute atomic E-state index is 12.1. The molecule has 0 saturated carbocycles. The van der Waals surface area contributed by atoms with Gasteiger partial charge in [-0.1, -0.05) is 0 Å². The monoisotopic (exact) mass is 357 g/mol. The standard InChI is InChI=1S/C9H12BrNO5S2/c1-11(3-4-12)18(14,15)7-5-6(9(13)16-2)17-8(7)10/h5,12H,3-4H2,1-2H3. The Kier molecular flexibility index (Phi) is 5.29. The maximum atomic E-state index is 12.1. The predicted molar refractivity (Wildman–Crippen MR) is 70.3 cm³/mol. The average Bonchev–Trinajstić information content (AvgIpc) is 2.71. The molecule has 6 nitrogen and oxygen atoms in total. The summed E-state index contributed by atoms with van der Waals surface area (Å²) in [5.41, 5.74) is 0. The summed E-state index contributed by atoms with van der Waals surface area (Å²) in [5.74, 6) is -0.591. The first-order chi connectivity index (χ1) is 8.34. The highest BCUT2D eigenvalue weighted by molar-refractivity contribution is 9.11. The largest absolute Gasteiger partial charge is 0.465 e. The molecule has 0 bridgehead atoms. The highest BCUT2D eigenvalue weighted by atomic mass is 79.9. The molecule has 1 rings (SSSR count). The first kappa shape index (κ1) is 15.6. The first-order valence-electron chi connectivity index (χ1n) is 4.79. The third kappa shape index (κ3) is 3.09. The summed E-state index contributed by atoms with van der Waals surface area (Å²) in [6, 6.07) is 1.25. The first-order valence-corrected chi connectivity index (χ1v) is 7.84. The molecule has 1 heterocycles. The van der Waals surface area contributed by atoms with Crippen molar-refractivity contribution in [3.05, 3.63) is 14.7 Å². The summed E-state index contributed by atoms with van der Waals surface area (Å²) >= 11 is 4.10. The Morgan fingerprint density at radius 1 is 1.61 bits per heavy atom. The molecular weight excluding hydrogens is 346 g/mol. The summed E-state index contributed by atoms with van der Waals surface area (Å²) in [5, 5.41) is 8.76. The van der Waals surface area contributed by atoms with Gasteiger partial charge in [0.05, 0.1) is 17.5 Å². The van der Waals surface area contributed by atoms with Crippen LogP contribution in [0, 0.1) is 0 Å². The van der Waals surface area contributed by atoms with Crippen LogP contribution >= 0.6 is 27.3 Å². The highest BCUT2D eigenvalue weighted by Gasteiger charge is 2.27. The van der Waals surface area contributed by atoms with Crippen LogP contribution in [0.25, 0.3) is 0 Å². The van der Waals surface area contributed by atoms with Gasteiger partial charge in [0.1, 0.15) is 9.77 Å². The molecule has 1 aromatic heterocycles. The summed E-state index contributed by atoms with van der Waals surface area (Å²) in [4.78, 5) is 11.5. The summed E-state index contributed by atoms with van der Waals surface area (Å²) in [6.07, 6.45) is 0. The topological polar surface area (TPSA) is 83.9 Å². The minimum Gasteiger partial charge on any atom is -0.465 e. The smallest absolute Gasteiger partial charge is 0.348 e. The molecule has 102 valence electrons. The van der Waals surface area contributed by atoms with Crippen LogP contribution in [0.3, 0.4) is 0 Å². The Bertz CT molecular complexity index is 539. The Labute approximate surface area is 117 Å². The number of thiophene rings is 1. The molecule has 18 heavy (non-hydrogen) atoms. The van der Waals surface area contributed by atoms with Crippen molar-refractivity contribution >= 4 is 43.3 Å². The zero-order valence-corrected chi connectivity index (χ0v) is 12.9. The summed E-state index contributed by atoms with van der Waals surface area (Å²) in [6.45, 7) is -0.292. The minimum absolute atomic E-state index is 0.0103.